The highest BCUT2D eigenvalue weighted by Gasteiger charge is 2.24. The van der Waals surface area contributed by atoms with Gasteiger partial charge in [-0.25, -0.2) is 4.39 Å². The van der Waals surface area contributed by atoms with Crippen molar-refractivity contribution in [2.24, 2.45) is 0 Å². The molecule has 0 saturated carbocycles. The van der Waals surface area contributed by atoms with Gasteiger partial charge in [0.25, 0.3) is 0 Å². The summed E-state index contributed by atoms with van der Waals surface area (Å²) in [4.78, 5) is 12.8. The minimum Gasteiger partial charge on any atom is -0.325 e. The Morgan fingerprint density at radius 1 is 1.08 bits per heavy atom. The number of nitrogens with zero attached hydrogens (tertiary/aromatic N) is 2. The first-order valence-electron chi connectivity index (χ1n) is 7.31. The molecule has 0 fully saturated rings. The molecule has 1 heterocycles. The second-order valence-electron chi connectivity index (χ2n) is 4.94. The smallest absolute Gasteiger partial charge is 0.242 e. The molecule has 25 heavy (non-hydrogen) atoms. The maximum atomic E-state index is 13.0. The van der Waals surface area contributed by atoms with E-state index in [2.05, 4.69) is 15.5 Å². The van der Waals surface area contributed by atoms with Crippen molar-refractivity contribution in [2.45, 2.75) is 13.9 Å². The van der Waals surface area contributed by atoms with Crippen molar-refractivity contribution in [1.29, 1.82) is 0 Å². The van der Waals surface area contributed by atoms with Crippen LogP contribution in [0.5, 0.6) is 0 Å². The number of halogens is 1. The third-order valence-corrected chi connectivity index (χ3v) is 6.47. The van der Waals surface area contributed by atoms with E-state index in [0.29, 0.717) is 5.69 Å². The Labute approximate surface area is 157 Å². The Morgan fingerprint density at radius 2 is 1.76 bits per heavy atom. The fourth-order valence-electron chi connectivity index (χ4n) is 2.07. The SMILES string of the molecule is CSc1nnc(SC(C(=O)Nc2ccc(F)cc2)c2ccccc2)s1. The maximum Gasteiger partial charge on any atom is 0.242 e. The number of thioether (sulfide) groups is 2. The zero-order valence-electron chi connectivity index (χ0n) is 13.2. The topological polar surface area (TPSA) is 54.9 Å². The van der Waals surface area contributed by atoms with Crippen LogP contribution in [0.4, 0.5) is 10.1 Å². The Balaban J connectivity index is 1.82. The number of hydrogen-bond donors (Lipinski definition) is 1. The van der Waals surface area contributed by atoms with Crippen LogP contribution in [0.15, 0.2) is 63.3 Å². The summed E-state index contributed by atoms with van der Waals surface area (Å²) in [6.45, 7) is 0. The summed E-state index contributed by atoms with van der Waals surface area (Å²) >= 11 is 4.33. The first-order chi connectivity index (χ1) is 12.2. The molecule has 128 valence electrons. The average molecular weight is 392 g/mol. The first kappa shape index (κ1) is 17.9. The molecule has 3 aromatic rings. The molecule has 1 N–H and O–H groups in total. The van der Waals surface area contributed by atoms with Crippen LogP contribution < -0.4 is 5.32 Å². The third kappa shape index (κ3) is 4.81. The lowest BCUT2D eigenvalue weighted by Gasteiger charge is -2.15. The number of rotatable bonds is 6. The summed E-state index contributed by atoms with van der Waals surface area (Å²) in [7, 11) is 0. The van der Waals surface area contributed by atoms with E-state index >= 15 is 0 Å². The van der Waals surface area contributed by atoms with Gasteiger partial charge in [0.2, 0.25) is 5.91 Å². The van der Waals surface area contributed by atoms with Crippen LogP contribution >= 0.6 is 34.9 Å². The molecule has 0 aliphatic heterocycles. The molecule has 0 bridgehead atoms. The molecule has 0 aliphatic carbocycles. The summed E-state index contributed by atoms with van der Waals surface area (Å²) < 4.78 is 14.6. The van der Waals surface area contributed by atoms with E-state index in [4.69, 9.17) is 0 Å². The summed E-state index contributed by atoms with van der Waals surface area (Å²) in [5, 5.41) is 10.6. The molecular formula is C17H14FN3OS3. The molecule has 0 radical (unpaired) electrons. The Kier molecular flexibility index (Phi) is 6.06. The van der Waals surface area contributed by atoms with Gasteiger partial charge in [-0.15, -0.1) is 10.2 Å². The van der Waals surface area contributed by atoms with E-state index < -0.39 is 5.25 Å². The van der Waals surface area contributed by atoms with Gasteiger partial charge in [0.1, 0.15) is 11.1 Å². The fourth-order valence-corrected chi connectivity index (χ4v) is 4.70. The monoisotopic (exact) mass is 391 g/mol. The average Bonchev–Trinajstić information content (AvgIpc) is 3.10. The van der Waals surface area contributed by atoms with Gasteiger partial charge in [-0.1, -0.05) is 65.2 Å². The van der Waals surface area contributed by atoms with Gasteiger partial charge in [0, 0.05) is 5.69 Å². The fraction of sp³-hybridized carbons (Fsp3) is 0.118. The minimum absolute atomic E-state index is 0.191. The number of nitrogens with one attached hydrogen (secondary N) is 1. The van der Waals surface area contributed by atoms with E-state index in [0.717, 1.165) is 14.2 Å². The molecule has 1 unspecified atom stereocenters. The maximum absolute atomic E-state index is 13.0. The molecule has 1 amide bonds. The van der Waals surface area contributed by atoms with Gasteiger partial charge in [0.15, 0.2) is 8.68 Å². The van der Waals surface area contributed by atoms with Crippen molar-refractivity contribution in [1.82, 2.24) is 10.2 Å². The Hall–Kier alpha value is -1.90. The van der Waals surface area contributed by atoms with Crippen LogP contribution in [0.2, 0.25) is 0 Å². The summed E-state index contributed by atoms with van der Waals surface area (Å²) in [6.07, 6.45) is 1.94. The molecule has 1 atom stereocenters. The Morgan fingerprint density at radius 3 is 2.40 bits per heavy atom. The van der Waals surface area contributed by atoms with Crippen LogP contribution in [-0.4, -0.2) is 22.4 Å². The minimum atomic E-state index is -0.478. The largest absolute Gasteiger partial charge is 0.325 e. The standard InChI is InChI=1S/C17H14FN3OS3/c1-23-16-20-21-17(25-16)24-14(11-5-3-2-4-6-11)15(22)19-13-9-7-12(18)8-10-13/h2-10,14H,1H3,(H,19,22). The summed E-state index contributed by atoms with van der Waals surface area (Å²) in [5.41, 5.74) is 1.42. The number of carbonyl (C=O) groups is 1. The highest BCUT2D eigenvalue weighted by atomic mass is 32.2. The lowest BCUT2D eigenvalue weighted by molar-refractivity contribution is -0.115. The van der Waals surface area contributed by atoms with Crippen LogP contribution in [0, 0.1) is 5.82 Å². The molecular weight excluding hydrogens is 377 g/mol. The molecule has 0 saturated heterocycles. The van der Waals surface area contributed by atoms with Crippen molar-refractivity contribution >= 4 is 46.5 Å². The van der Waals surface area contributed by atoms with Crippen LogP contribution in [0.1, 0.15) is 10.8 Å². The lowest BCUT2D eigenvalue weighted by Crippen LogP contribution is -2.19. The van der Waals surface area contributed by atoms with Gasteiger partial charge < -0.3 is 5.32 Å². The quantitative estimate of drug-likeness (QED) is 0.608. The van der Waals surface area contributed by atoms with Crippen molar-refractivity contribution < 1.29 is 9.18 Å². The second-order valence-corrected chi connectivity index (χ2v) is 8.33. The van der Waals surface area contributed by atoms with Crippen LogP contribution in [0.3, 0.4) is 0 Å². The highest BCUT2D eigenvalue weighted by molar-refractivity contribution is 8.03. The predicted molar refractivity (Wildman–Crippen MR) is 102 cm³/mol. The van der Waals surface area contributed by atoms with E-state index in [1.54, 1.807) is 0 Å². The second kappa shape index (κ2) is 8.46. The molecule has 2 aromatic carbocycles. The van der Waals surface area contributed by atoms with Gasteiger partial charge in [-0.3, -0.25) is 4.79 Å². The van der Waals surface area contributed by atoms with Gasteiger partial charge in [0.05, 0.1) is 0 Å². The lowest BCUT2D eigenvalue weighted by atomic mass is 10.1. The van der Waals surface area contributed by atoms with Gasteiger partial charge in [-0.05, 0) is 36.1 Å². The number of amides is 1. The molecule has 3 rings (SSSR count). The highest BCUT2D eigenvalue weighted by Crippen LogP contribution is 2.38. The van der Waals surface area contributed by atoms with Crippen molar-refractivity contribution in [3.63, 3.8) is 0 Å². The van der Waals surface area contributed by atoms with Crippen molar-refractivity contribution in [3.8, 4) is 0 Å². The number of carbonyl (C=O) groups excluding carboxylic acids is 1. The predicted octanol–water partition coefficient (Wildman–Crippen LogP) is 4.87. The van der Waals surface area contributed by atoms with Crippen molar-refractivity contribution in [3.05, 3.63) is 66.0 Å². The van der Waals surface area contributed by atoms with E-state index in [-0.39, 0.29) is 11.7 Å². The number of benzene rings is 2. The molecule has 4 nitrogen and oxygen atoms in total. The van der Waals surface area contributed by atoms with E-state index in [9.17, 15) is 9.18 Å². The third-order valence-electron chi connectivity index (χ3n) is 3.23. The Bertz CT molecular complexity index is 840. The molecule has 0 aliphatic rings. The summed E-state index contributed by atoms with van der Waals surface area (Å²) in [6, 6.07) is 15.2. The first-order valence-corrected chi connectivity index (χ1v) is 10.2. The molecule has 8 heteroatoms. The van der Waals surface area contributed by atoms with Gasteiger partial charge in [-0.2, -0.15) is 0 Å². The normalized spacial score (nSPS) is 11.9. The van der Waals surface area contributed by atoms with Gasteiger partial charge >= 0.3 is 0 Å². The van der Waals surface area contributed by atoms with Crippen LogP contribution in [0.25, 0.3) is 0 Å². The summed E-state index contributed by atoms with van der Waals surface area (Å²) in [5.74, 6) is -0.533. The number of aromatic nitrogens is 2. The number of anilines is 1. The molecule has 1 aromatic heterocycles. The molecule has 0 spiro atoms. The zero-order valence-corrected chi connectivity index (χ0v) is 15.6. The van der Waals surface area contributed by atoms with Crippen LogP contribution in [-0.2, 0) is 4.79 Å². The van der Waals surface area contributed by atoms with E-state index in [1.165, 1.54) is 59.1 Å². The van der Waals surface area contributed by atoms with E-state index in [1.807, 2.05) is 36.6 Å². The zero-order chi connectivity index (χ0) is 17.6. The number of hydrogen-bond acceptors (Lipinski definition) is 6. The van der Waals surface area contributed by atoms with Crippen molar-refractivity contribution in [2.75, 3.05) is 11.6 Å².